The quantitative estimate of drug-likeness (QED) is 0.300. The van der Waals surface area contributed by atoms with Crippen LogP contribution in [0.3, 0.4) is 0 Å². The molecule has 0 saturated carbocycles. The van der Waals surface area contributed by atoms with Crippen molar-refractivity contribution in [1.82, 2.24) is 10.6 Å². The van der Waals surface area contributed by atoms with Crippen LogP contribution < -0.4 is 15.4 Å². The van der Waals surface area contributed by atoms with E-state index in [-0.39, 0.29) is 42.2 Å². The van der Waals surface area contributed by atoms with E-state index < -0.39 is 15.7 Å². The van der Waals surface area contributed by atoms with Gasteiger partial charge in [-0.05, 0) is 34.9 Å². The van der Waals surface area contributed by atoms with Crippen LogP contribution in [-0.2, 0) is 22.1 Å². The second-order valence-corrected chi connectivity index (χ2v) is 9.07. The van der Waals surface area contributed by atoms with Gasteiger partial charge in [-0.2, -0.15) is 0 Å². The molecule has 2 rings (SSSR count). The Morgan fingerprint density at radius 3 is 2.50 bits per heavy atom. The third-order valence-electron chi connectivity index (χ3n) is 4.50. The predicted molar refractivity (Wildman–Crippen MR) is 130 cm³/mol. The van der Waals surface area contributed by atoms with Gasteiger partial charge >= 0.3 is 0 Å². The number of aliphatic imine (C=N–C) groups is 1. The molecule has 0 spiro atoms. The lowest BCUT2D eigenvalue weighted by atomic mass is 10.0. The summed E-state index contributed by atoms with van der Waals surface area (Å²) in [6, 6.07) is 12.0. The summed E-state index contributed by atoms with van der Waals surface area (Å²) in [6.45, 7) is 2.94. The van der Waals surface area contributed by atoms with Crippen molar-refractivity contribution in [2.45, 2.75) is 25.1 Å². The van der Waals surface area contributed by atoms with Gasteiger partial charge < -0.3 is 15.4 Å². The average Bonchev–Trinajstić information content (AvgIpc) is 2.68. The third kappa shape index (κ3) is 8.10. The number of hydrogen-bond donors (Lipinski definition) is 2. The van der Waals surface area contributed by atoms with Crippen molar-refractivity contribution in [3.05, 3.63) is 65.0 Å². The van der Waals surface area contributed by atoms with E-state index in [4.69, 9.17) is 4.74 Å². The van der Waals surface area contributed by atoms with Gasteiger partial charge in [0.05, 0.1) is 12.9 Å². The number of hydrogen-bond acceptors (Lipinski definition) is 4. The van der Waals surface area contributed by atoms with Crippen molar-refractivity contribution in [1.29, 1.82) is 0 Å². The van der Waals surface area contributed by atoms with Gasteiger partial charge in [-0.15, -0.1) is 24.0 Å². The van der Waals surface area contributed by atoms with E-state index in [1.165, 1.54) is 18.2 Å². The number of ether oxygens (including phenoxy) is 1. The van der Waals surface area contributed by atoms with Gasteiger partial charge in [-0.25, -0.2) is 12.8 Å². The molecule has 166 valence electrons. The first-order valence-corrected chi connectivity index (χ1v) is 11.3. The fourth-order valence-corrected chi connectivity index (χ4v) is 3.86. The number of nitrogens with zero attached hydrogens (tertiary/aromatic N) is 1. The van der Waals surface area contributed by atoms with Crippen molar-refractivity contribution < 1.29 is 17.5 Å². The van der Waals surface area contributed by atoms with Crippen molar-refractivity contribution in [3.8, 4) is 5.75 Å². The number of guanidine groups is 1. The molecule has 0 amide bonds. The van der Waals surface area contributed by atoms with E-state index in [1.807, 2.05) is 24.3 Å². The maximum absolute atomic E-state index is 13.7. The number of halogens is 2. The van der Waals surface area contributed by atoms with Gasteiger partial charge in [0.25, 0.3) is 0 Å². The number of benzene rings is 2. The summed E-state index contributed by atoms with van der Waals surface area (Å²) in [5, 5.41) is 6.36. The highest BCUT2D eigenvalue weighted by atomic mass is 127. The predicted octanol–water partition coefficient (Wildman–Crippen LogP) is 3.47. The van der Waals surface area contributed by atoms with Gasteiger partial charge in [0.2, 0.25) is 0 Å². The smallest absolute Gasteiger partial charge is 0.191 e. The van der Waals surface area contributed by atoms with Crippen molar-refractivity contribution in [2.24, 2.45) is 4.99 Å². The van der Waals surface area contributed by atoms with Gasteiger partial charge in [-0.3, -0.25) is 4.99 Å². The van der Waals surface area contributed by atoms with Crippen LogP contribution in [-0.4, -0.2) is 41.3 Å². The average molecular weight is 549 g/mol. The zero-order valence-electron chi connectivity index (χ0n) is 17.6. The zero-order chi connectivity index (χ0) is 21.4. The van der Waals surface area contributed by atoms with Crippen LogP contribution in [0.15, 0.2) is 47.5 Å². The third-order valence-corrected chi connectivity index (χ3v) is 5.34. The minimum absolute atomic E-state index is 0. The molecule has 2 aromatic carbocycles. The topological polar surface area (TPSA) is 79.8 Å². The highest BCUT2D eigenvalue weighted by molar-refractivity contribution is 14.0. The van der Waals surface area contributed by atoms with E-state index in [2.05, 4.69) is 22.5 Å². The molecule has 6 nitrogen and oxygen atoms in total. The largest absolute Gasteiger partial charge is 0.496 e. The van der Waals surface area contributed by atoms with Crippen molar-refractivity contribution >= 4 is 39.8 Å². The standard InChI is InChI=1S/C21H28FN3O3S.HI/c1-15(19-7-5-6-8-20(19)28-3)12-24-21(23-2)25-13-17-11-18(22)10-9-16(17)14-29(4,26)27;/h5-11,15H,12-14H2,1-4H3,(H2,23,24,25);1H. The number of rotatable bonds is 8. The molecule has 2 N–H and O–H groups in total. The summed E-state index contributed by atoms with van der Waals surface area (Å²) >= 11 is 0. The minimum Gasteiger partial charge on any atom is -0.496 e. The zero-order valence-corrected chi connectivity index (χ0v) is 20.8. The molecule has 0 saturated heterocycles. The minimum atomic E-state index is -3.22. The Morgan fingerprint density at radius 1 is 1.17 bits per heavy atom. The summed E-state index contributed by atoms with van der Waals surface area (Å²) in [4.78, 5) is 4.19. The molecule has 0 aliphatic heterocycles. The normalized spacial score (nSPS) is 12.6. The molecule has 9 heteroatoms. The summed E-state index contributed by atoms with van der Waals surface area (Å²) in [6.07, 6.45) is 1.16. The molecule has 30 heavy (non-hydrogen) atoms. The second kappa shape index (κ2) is 12.1. The van der Waals surface area contributed by atoms with E-state index in [9.17, 15) is 12.8 Å². The van der Waals surface area contributed by atoms with Crippen LogP contribution in [0.1, 0.15) is 29.5 Å². The van der Waals surface area contributed by atoms with Gasteiger partial charge in [-0.1, -0.05) is 31.2 Å². The lowest BCUT2D eigenvalue weighted by Crippen LogP contribution is -2.38. The molecule has 2 aromatic rings. The summed E-state index contributed by atoms with van der Waals surface area (Å²) < 4.78 is 42.3. The lowest BCUT2D eigenvalue weighted by Gasteiger charge is -2.19. The highest BCUT2D eigenvalue weighted by Crippen LogP contribution is 2.25. The summed E-state index contributed by atoms with van der Waals surface area (Å²) in [5.41, 5.74) is 2.23. The number of para-hydroxylation sites is 1. The molecule has 1 atom stereocenters. The monoisotopic (exact) mass is 549 g/mol. The van der Waals surface area contributed by atoms with Crippen LogP contribution in [0, 0.1) is 5.82 Å². The molecular formula is C21H29FIN3O3S. The first-order chi connectivity index (χ1) is 13.7. The Bertz CT molecular complexity index is 968. The van der Waals surface area contributed by atoms with E-state index in [0.29, 0.717) is 23.6 Å². The van der Waals surface area contributed by atoms with Gasteiger partial charge in [0.15, 0.2) is 15.8 Å². The Kier molecular flexibility index (Phi) is 10.5. The molecule has 0 aromatic heterocycles. The van der Waals surface area contributed by atoms with Crippen LogP contribution in [0.2, 0.25) is 0 Å². The van der Waals surface area contributed by atoms with E-state index in [1.54, 1.807) is 14.2 Å². The number of methoxy groups -OCH3 is 1. The summed E-state index contributed by atoms with van der Waals surface area (Å²) in [5.74, 6) is 0.990. The Hall–Kier alpha value is -1.88. The maximum Gasteiger partial charge on any atom is 0.191 e. The molecular weight excluding hydrogens is 520 g/mol. The molecule has 0 radical (unpaired) electrons. The van der Waals surface area contributed by atoms with Crippen LogP contribution in [0.4, 0.5) is 4.39 Å². The first-order valence-electron chi connectivity index (χ1n) is 9.26. The maximum atomic E-state index is 13.7. The number of nitrogens with one attached hydrogen (secondary N) is 2. The molecule has 0 heterocycles. The fraction of sp³-hybridized carbons (Fsp3) is 0.381. The summed E-state index contributed by atoms with van der Waals surface area (Å²) in [7, 11) is 0.0670. The van der Waals surface area contributed by atoms with Crippen LogP contribution >= 0.6 is 24.0 Å². The molecule has 0 bridgehead atoms. The Balaban J connectivity index is 0.00000450. The Labute approximate surface area is 195 Å². The SMILES string of the molecule is CN=C(NCc1cc(F)ccc1CS(C)(=O)=O)NCC(C)c1ccccc1OC.I. The van der Waals surface area contributed by atoms with Crippen LogP contribution in [0.25, 0.3) is 0 Å². The van der Waals surface area contributed by atoms with Crippen LogP contribution in [0.5, 0.6) is 5.75 Å². The molecule has 1 unspecified atom stereocenters. The van der Waals surface area contributed by atoms with E-state index in [0.717, 1.165) is 17.6 Å². The molecule has 0 fully saturated rings. The first kappa shape index (κ1) is 26.2. The van der Waals surface area contributed by atoms with Gasteiger partial charge in [0, 0.05) is 32.3 Å². The fourth-order valence-electron chi connectivity index (χ4n) is 3.02. The van der Waals surface area contributed by atoms with Gasteiger partial charge in [0.1, 0.15) is 11.6 Å². The number of sulfone groups is 1. The highest BCUT2D eigenvalue weighted by Gasteiger charge is 2.13. The van der Waals surface area contributed by atoms with Crippen molar-refractivity contribution in [3.63, 3.8) is 0 Å². The second-order valence-electron chi connectivity index (χ2n) is 6.93. The lowest BCUT2D eigenvalue weighted by molar-refractivity contribution is 0.406. The molecule has 0 aliphatic rings. The van der Waals surface area contributed by atoms with Crippen molar-refractivity contribution in [2.75, 3.05) is 27.0 Å². The Morgan fingerprint density at radius 2 is 1.87 bits per heavy atom. The van der Waals surface area contributed by atoms with E-state index >= 15 is 0 Å². The molecule has 0 aliphatic carbocycles.